The van der Waals surface area contributed by atoms with Crippen LogP contribution in [-0.2, 0) is 6.54 Å². The second kappa shape index (κ2) is 8.71. The Bertz CT molecular complexity index is 1350. The summed E-state index contributed by atoms with van der Waals surface area (Å²) in [6, 6.07) is 14.5. The molecule has 0 radical (unpaired) electrons. The number of fused-ring (bicyclic) bond motifs is 1. The predicted octanol–water partition coefficient (Wildman–Crippen LogP) is 4.64. The van der Waals surface area contributed by atoms with Gasteiger partial charge in [0, 0.05) is 23.9 Å². The number of halogens is 3. The number of aliphatic hydroxyl groups excluding tert-OH is 1. The van der Waals surface area contributed by atoms with Crippen molar-refractivity contribution in [2.75, 3.05) is 0 Å². The van der Waals surface area contributed by atoms with Crippen molar-refractivity contribution in [2.45, 2.75) is 25.1 Å². The number of pyridine rings is 1. The molecule has 4 aromatic rings. The summed E-state index contributed by atoms with van der Waals surface area (Å²) in [6.45, 7) is 0.161. The lowest BCUT2D eigenvalue weighted by molar-refractivity contribution is 0.0346. The van der Waals surface area contributed by atoms with E-state index in [0.717, 1.165) is 0 Å². The molecule has 7 nitrogen and oxygen atoms in total. The normalized spacial score (nSPS) is 15.0. The van der Waals surface area contributed by atoms with Crippen molar-refractivity contribution in [3.63, 3.8) is 0 Å². The fraction of sp³-hybridized carbons (Fsp3) is 0.167. The van der Waals surface area contributed by atoms with Gasteiger partial charge in [0.1, 0.15) is 18.0 Å². The summed E-state index contributed by atoms with van der Waals surface area (Å²) in [6.07, 6.45) is -2.62. The van der Waals surface area contributed by atoms with Crippen LogP contribution in [0.2, 0.25) is 0 Å². The minimum absolute atomic E-state index is 0.134. The van der Waals surface area contributed by atoms with E-state index in [1.807, 2.05) is 0 Å². The molecule has 3 heterocycles. The Balaban J connectivity index is 1.51. The van der Waals surface area contributed by atoms with Gasteiger partial charge < -0.3 is 14.4 Å². The lowest BCUT2D eigenvalue weighted by atomic mass is 9.97. The molecule has 0 saturated heterocycles. The smallest absolute Gasteiger partial charge is 0.314 e. The number of alkyl halides is 2. The highest BCUT2D eigenvalue weighted by Gasteiger charge is 2.39. The van der Waals surface area contributed by atoms with Crippen LogP contribution in [-0.4, -0.2) is 31.1 Å². The Hall–Kier alpha value is -4.05. The maximum absolute atomic E-state index is 13.8. The van der Waals surface area contributed by atoms with Gasteiger partial charge in [-0.2, -0.15) is 8.78 Å². The Morgan fingerprint density at radius 1 is 1.03 bits per heavy atom. The number of hydrogen-bond acceptors (Lipinski definition) is 6. The highest BCUT2D eigenvalue weighted by molar-refractivity contribution is 5.99. The van der Waals surface area contributed by atoms with Crippen LogP contribution in [0.15, 0.2) is 71.3 Å². The van der Waals surface area contributed by atoms with E-state index in [0.29, 0.717) is 27.9 Å². The zero-order chi connectivity index (χ0) is 23.8. The van der Waals surface area contributed by atoms with Crippen molar-refractivity contribution >= 4 is 5.91 Å². The van der Waals surface area contributed by atoms with E-state index >= 15 is 0 Å². The molecule has 5 rings (SSSR count). The molecule has 0 bridgehead atoms. The number of carbonyl (C=O) groups is 1. The van der Waals surface area contributed by atoms with Crippen molar-refractivity contribution in [1.29, 1.82) is 0 Å². The minimum Gasteiger partial charge on any atom is -0.415 e. The Kier molecular flexibility index (Phi) is 5.58. The average Bonchev–Trinajstić information content (AvgIpc) is 3.46. The maximum atomic E-state index is 13.8. The molecule has 2 atom stereocenters. The quantitative estimate of drug-likeness (QED) is 0.445. The summed E-state index contributed by atoms with van der Waals surface area (Å²) in [5.74, 6) is -1.86. The van der Waals surface area contributed by atoms with E-state index in [2.05, 4.69) is 15.2 Å². The summed E-state index contributed by atoms with van der Waals surface area (Å²) in [7, 11) is 0. The molecule has 1 amide bonds. The SMILES string of the molecule is O=C1c2cc(-c3nnc(C(F)F)o3)ccc2CN1[C@H](c1ccccn1)[C@@H](O)c1cccc(F)c1. The summed E-state index contributed by atoms with van der Waals surface area (Å²) in [5, 5.41) is 18.1. The number of rotatable bonds is 6. The number of aliphatic hydroxyl groups is 1. The molecule has 2 aromatic carbocycles. The van der Waals surface area contributed by atoms with Gasteiger partial charge in [-0.3, -0.25) is 9.78 Å². The molecular formula is C24H17F3N4O3. The summed E-state index contributed by atoms with van der Waals surface area (Å²) in [5.41, 5.74) is 2.01. The number of benzene rings is 2. The van der Waals surface area contributed by atoms with Gasteiger partial charge in [0.05, 0.1) is 5.69 Å². The number of nitrogens with zero attached hydrogens (tertiary/aromatic N) is 4. The van der Waals surface area contributed by atoms with Gasteiger partial charge >= 0.3 is 6.43 Å². The minimum atomic E-state index is -2.91. The molecule has 0 fully saturated rings. The van der Waals surface area contributed by atoms with E-state index in [1.54, 1.807) is 42.6 Å². The van der Waals surface area contributed by atoms with Crippen LogP contribution in [0, 0.1) is 5.82 Å². The molecule has 0 unspecified atom stereocenters. The van der Waals surface area contributed by atoms with Gasteiger partial charge in [-0.15, -0.1) is 10.2 Å². The van der Waals surface area contributed by atoms with Crippen molar-refractivity contribution in [3.8, 4) is 11.5 Å². The summed E-state index contributed by atoms with van der Waals surface area (Å²) in [4.78, 5) is 19.2. The number of aromatic nitrogens is 3. The monoisotopic (exact) mass is 466 g/mol. The standard InChI is InChI=1S/C24H17F3N4O3/c25-16-5-3-4-13(10-16)20(32)19(18-6-1-2-9-28-18)31-12-15-8-7-14(11-17(15)24(31)33)22-29-30-23(34-22)21(26)27/h1-11,19-21,32H,12H2/t19-,20+/m1/s1. The van der Waals surface area contributed by atoms with Crippen LogP contribution >= 0.6 is 0 Å². The number of carbonyl (C=O) groups excluding carboxylic acids is 1. The highest BCUT2D eigenvalue weighted by atomic mass is 19.3. The first-order valence-corrected chi connectivity index (χ1v) is 10.3. The van der Waals surface area contributed by atoms with Crippen molar-refractivity contribution in [3.05, 3.63) is 101 Å². The molecule has 10 heteroatoms. The first kappa shape index (κ1) is 21.8. The third-order valence-electron chi connectivity index (χ3n) is 5.63. The maximum Gasteiger partial charge on any atom is 0.314 e. The van der Waals surface area contributed by atoms with E-state index in [-0.39, 0.29) is 12.4 Å². The van der Waals surface area contributed by atoms with Gasteiger partial charge in [0.2, 0.25) is 5.89 Å². The fourth-order valence-corrected chi connectivity index (χ4v) is 4.04. The van der Waals surface area contributed by atoms with Crippen LogP contribution in [0.25, 0.3) is 11.5 Å². The van der Waals surface area contributed by atoms with Crippen molar-refractivity contribution in [2.24, 2.45) is 0 Å². The van der Waals surface area contributed by atoms with Crippen LogP contribution < -0.4 is 0 Å². The molecule has 2 aromatic heterocycles. The van der Waals surface area contributed by atoms with Crippen LogP contribution in [0.3, 0.4) is 0 Å². The first-order valence-electron chi connectivity index (χ1n) is 10.3. The average molecular weight is 466 g/mol. The Morgan fingerprint density at radius 3 is 2.59 bits per heavy atom. The topological polar surface area (TPSA) is 92.4 Å². The van der Waals surface area contributed by atoms with Crippen molar-refractivity contribution < 1.29 is 27.5 Å². The van der Waals surface area contributed by atoms with E-state index < -0.39 is 36.2 Å². The molecule has 1 N–H and O–H groups in total. The second-order valence-corrected chi connectivity index (χ2v) is 7.75. The predicted molar refractivity (Wildman–Crippen MR) is 113 cm³/mol. The first-order chi connectivity index (χ1) is 16.4. The molecule has 1 aliphatic heterocycles. The molecule has 0 spiro atoms. The van der Waals surface area contributed by atoms with Crippen LogP contribution in [0.4, 0.5) is 13.2 Å². The third-order valence-corrected chi connectivity index (χ3v) is 5.63. The Labute approximate surface area is 191 Å². The third kappa shape index (κ3) is 3.92. The van der Waals surface area contributed by atoms with Crippen molar-refractivity contribution in [1.82, 2.24) is 20.1 Å². The Morgan fingerprint density at radius 2 is 1.88 bits per heavy atom. The highest BCUT2D eigenvalue weighted by Crippen LogP contribution is 2.39. The summed E-state index contributed by atoms with van der Waals surface area (Å²) >= 11 is 0. The number of amides is 1. The molecule has 1 aliphatic rings. The zero-order valence-electron chi connectivity index (χ0n) is 17.5. The lowest BCUT2D eigenvalue weighted by Gasteiger charge is -2.31. The lowest BCUT2D eigenvalue weighted by Crippen LogP contribution is -2.34. The van der Waals surface area contributed by atoms with Gasteiger partial charge in [0.15, 0.2) is 0 Å². The summed E-state index contributed by atoms with van der Waals surface area (Å²) < 4.78 is 44.5. The van der Waals surface area contributed by atoms with Gasteiger partial charge in [-0.1, -0.05) is 24.3 Å². The van der Waals surface area contributed by atoms with Gasteiger partial charge in [0.25, 0.3) is 11.8 Å². The largest absolute Gasteiger partial charge is 0.415 e. The van der Waals surface area contributed by atoms with E-state index in [9.17, 15) is 23.1 Å². The van der Waals surface area contributed by atoms with E-state index in [4.69, 9.17) is 4.42 Å². The fourth-order valence-electron chi connectivity index (χ4n) is 4.04. The molecule has 0 saturated carbocycles. The van der Waals surface area contributed by atoms with Crippen LogP contribution in [0.5, 0.6) is 0 Å². The molecule has 34 heavy (non-hydrogen) atoms. The molecule has 0 aliphatic carbocycles. The van der Waals surface area contributed by atoms with E-state index in [1.165, 1.54) is 29.2 Å². The number of hydrogen-bond donors (Lipinski definition) is 1. The molecular weight excluding hydrogens is 449 g/mol. The zero-order valence-corrected chi connectivity index (χ0v) is 17.5. The van der Waals surface area contributed by atoms with Crippen LogP contribution in [0.1, 0.15) is 51.6 Å². The second-order valence-electron chi connectivity index (χ2n) is 7.75. The van der Waals surface area contributed by atoms with Gasteiger partial charge in [-0.25, -0.2) is 4.39 Å². The van der Waals surface area contributed by atoms with Gasteiger partial charge in [-0.05, 0) is 47.5 Å². The molecule has 172 valence electrons.